The van der Waals surface area contributed by atoms with Crippen molar-refractivity contribution in [1.82, 2.24) is 4.98 Å². The van der Waals surface area contributed by atoms with E-state index in [0.29, 0.717) is 5.02 Å². The molecule has 0 amide bonds. The molecule has 0 atom stereocenters. The van der Waals surface area contributed by atoms with Crippen LogP contribution >= 0.6 is 11.6 Å². The molecule has 2 N–H and O–H groups in total. The van der Waals surface area contributed by atoms with Crippen LogP contribution in [-0.2, 0) is 0 Å². The zero-order chi connectivity index (χ0) is 14.3. The van der Waals surface area contributed by atoms with Crippen molar-refractivity contribution >= 4 is 28.2 Å². The Kier molecular flexibility index (Phi) is 3.11. The minimum Gasteiger partial charge on any atom is -0.398 e. The lowest BCUT2D eigenvalue weighted by atomic mass is 10.0. The Bertz CT molecular complexity index is 795. The Morgan fingerprint density at radius 2 is 1.75 bits per heavy atom. The highest BCUT2D eigenvalue weighted by Gasteiger charge is 2.13. The Hall–Kier alpha value is -2.06. The van der Waals surface area contributed by atoms with Gasteiger partial charge in [-0.2, -0.15) is 0 Å². The molecule has 1 heterocycles. The molecule has 0 radical (unpaired) electrons. The maximum atomic E-state index is 6.33. The first-order valence-corrected chi connectivity index (χ1v) is 6.87. The van der Waals surface area contributed by atoms with E-state index in [9.17, 15) is 0 Å². The lowest BCUT2D eigenvalue weighted by Crippen LogP contribution is -1.99. The molecule has 2 nitrogen and oxygen atoms in total. The van der Waals surface area contributed by atoms with Crippen molar-refractivity contribution in [2.45, 2.75) is 13.8 Å². The van der Waals surface area contributed by atoms with Gasteiger partial charge in [-0.25, -0.2) is 4.98 Å². The van der Waals surface area contributed by atoms with E-state index in [1.807, 2.05) is 56.3 Å². The van der Waals surface area contributed by atoms with Gasteiger partial charge in [-0.1, -0.05) is 41.9 Å². The molecule has 20 heavy (non-hydrogen) atoms. The van der Waals surface area contributed by atoms with E-state index in [0.717, 1.165) is 39.0 Å². The normalized spacial score (nSPS) is 10.9. The first-order chi connectivity index (χ1) is 9.58. The van der Waals surface area contributed by atoms with Crippen LogP contribution in [-0.4, -0.2) is 4.98 Å². The summed E-state index contributed by atoms with van der Waals surface area (Å²) in [6, 6.07) is 14.0. The van der Waals surface area contributed by atoms with E-state index in [-0.39, 0.29) is 0 Å². The van der Waals surface area contributed by atoms with Crippen molar-refractivity contribution in [3.8, 4) is 11.3 Å². The van der Waals surface area contributed by atoms with Crippen LogP contribution in [0, 0.1) is 13.8 Å². The molecular formula is C17H15ClN2. The molecule has 0 bridgehead atoms. The maximum Gasteiger partial charge on any atom is 0.0916 e. The number of benzene rings is 2. The number of nitrogen functional groups attached to an aromatic ring is 1. The summed E-state index contributed by atoms with van der Waals surface area (Å²) in [5.74, 6) is 0. The average Bonchev–Trinajstić information content (AvgIpc) is 2.44. The molecule has 3 aromatic rings. The van der Waals surface area contributed by atoms with Gasteiger partial charge < -0.3 is 5.73 Å². The van der Waals surface area contributed by atoms with Crippen LogP contribution in [0.3, 0.4) is 0 Å². The number of anilines is 1. The van der Waals surface area contributed by atoms with Crippen LogP contribution < -0.4 is 5.73 Å². The summed E-state index contributed by atoms with van der Waals surface area (Å²) >= 11 is 6.33. The molecule has 100 valence electrons. The predicted molar refractivity (Wildman–Crippen MR) is 86.1 cm³/mol. The number of pyridine rings is 1. The standard InChI is InChI=1S/C17H15ClN2/c1-10-8-13-15(19)11(2)16(12-6-4-3-5-7-12)20-17(13)14(18)9-10/h3-9H,1-2H3,(H2,19,20). The number of hydrogen-bond donors (Lipinski definition) is 1. The summed E-state index contributed by atoms with van der Waals surface area (Å²) in [5, 5.41) is 1.57. The monoisotopic (exact) mass is 282 g/mol. The van der Waals surface area contributed by atoms with Crippen LogP contribution in [0.2, 0.25) is 5.02 Å². The van der Waals surface area contributed by atoms with Crippen molar-refractivity contribution < 1.29 is 0 Å². The van der Waals surface area contributed by atoms with Crippen LogP contribution in [0.25, 0.3) is 22.2 Å². The van der Waals surface area contributed by atoms with E-state index in [4.69, 9.17) is 22.3 Å². The van der Waals surface area contributed by atoms with Crippen molar-refractivity contribution in [3.05, 3.63) is 58.6 Å². The number of nitrogens with zero attached hydrogens (tertiary/aromatic N) is 1. The maximum absolute atomic E-state index is 6.33. The van der Waals surface area contributed by atoms with Gasteiger partial charge in [0.15, 0.2) is 0 Å². The van der Waals surface area contributed by atoms with E-state index in [2.05, 4.69) is 0 Å². The molecule has 3 rings (SSSR count). The van der Waals surface area contributed by atoms with Crippen LogP contribution in [0.1, 0.15) is 11.1 Å². The van der Waals surface area contributed by atoms with E-state index in [1.165, 1.54) is 0 Å². The Morgan fingerprint density at radius 1 is 1.05 bits per heavy atom. The molecule has 3 heteroatoms. The summed E-state index contributed by atoms with van der Waals surface area (Å²) in [7, 11) is 0. The Balaban J connectivity index is 2.39. The zero-order valence-corrected chi connectivity index (χ0v) is 12.2. The van der Waals surface area contributed by atoms with Gasteiger partial charge in [0.05, 0.1) is 16.2 Å². The fourth-order valence-corrected chi connectivity index (χ4v) is 2.77. The first-order valence-electron chi connectivity index (χ1n) is 6.49. The van der Waals surface area contributed by atoms with Gasteiger partial charge in [0.25, 0.3) is 0 Å². The molecule has 0 aliphatic carbocycles. The summed E-state index contributed by atoms with van der Waals surface area (Å²) in [4.78, 5) is 4.73. The van der Waals surface area contributed by atoms with E-state index < -0.39 is 0 Å². The lowest BCUT2D eigenvalue weighted by molar-refractivity contribution is 1.32. The zero-order valence-electron chi connectivity index (χ0n) is 11.4. The number of rotatable bonds is 1. The van der Waals surface area contributed by atoms with Crippen LogP contribution in [0.15, 0.2) is 42.5 Å². The highest BCUT2D eigenvalue weighted by Crippen LogP contribution is 2.34. The molecule has 0 unspecified atom stereocenters. The third-order valence-corrected chi connectivity index (χ3v) is 3.82. The molecule has 2 aromatic carbocycles. The minimum absolute atomic E-state index is 0.642. The van der Waals surface area contributed by atoms with Gasteiger partial charge in [-0.3, -0.25) is 0 Å². The largest absolute Gasteiger partial charge is 0.398 e. The second kappa shape index (κ2) is 4.80. The fraction of sp³-hybridized carbons (Fsp3) is 0.118. The molecule has 0 saturated heterocycles. The van der Waals surface area contributed by atoms with Crippen molar-refractivity contribution in [2.24, 2.45) is 0 Å². The number of aromatic nitrogens is 1. The second-order valence-electron chi connectivity index (χ2n) is 5.01. The van der Waals surface area contributed by atoms with Gasteiger partial charge in [0.1, 0.15) is 0 Å². The smallest absolute Gasteiger partial charge is 0.0916 e. The average molecular weight is 283 g/mol. The number of hydrogen-bond acceptors (Lipinski definition) is 2. The summed E-state index contributed by atoms with van der Waals surface area (Å²) in [6.07, 6.45) is 0. The lowest BCUT2D eigenvalue weighted by Gasteiger charge is -2.13. The molecule has 0 spiro atoms. The third kappa shape index (κ3) is 2.02. The van der Waals surface area contributed by atoms with Crippen molar-refractivity contribution in [1.29, 1.82) is 0 Å². The quantitative estimate of drug-likeness (QED) is 0.699. The molecule has 1 aromatic heterocycles. The van der Waals surface area contributed by atoms with Crippen LogP contribution in [0.5, 0.6) is 0 Å². The second-order valence-corrected chi connectivity index (χ2v) is 5.42. The summed E-state index contributed by atoms with van der Waals surface area (Å²) < 4.78 is 0. The van der Waals surface area contributed by atoms with E-state index in [1.54, 1.807) is 0 Å². The van der Waals surface area contributed by atoms with Gasteiger partial charge in [-0.05, 0) is 37.1 Å². The van der Waals surface area contributed by atoms with E-state index >= 15 is 0 Å². The number of aryl methyl sites for hydroxylation is 1. The first kappa shape index (κ1) is 12.9. The summed E-state index contributed by atoms with van der Waals surface area (Å²) in [6.45, 7) is 4.01. The molecular weight excluding hydrogens is 268 g/mol. The minimum atomic E-state index is 0.642. The third-order valence-electron chi connectivity index (χ3n) is 3.53. The molecule has 0 aliphatic heterocycles. The van der Waals surface area contributed by atoms with Gasteiger partial charge in [0.2, 0.25) is 0 Å². The summed E-state index contributed by atoms with van der Waals surface area (Å²) in [5.41, 5.74) is 11.8. The SMILES string of the molecule is Cc1cc(Cl)c2nc(-c3ccccc3)c(C)c(N)c2c1. The van der Waals surface area contributed by atoms with Gasteiger partial charge >= 0.3 is 0 Å². The highest BCUT2D eigenvalue weighted by molar-refractivity contribution is 6.35. The van der Waals surface area contributed by atoms with Crippen LogP contribution in [0.4, 0.5) is 5.69 Å². The molecule has 0 aliphatic rings. The molecule has 0 saturated carbocycles. The van der Waals surface area contributed by atoms with Crippen molar-refractivity contribution in [3.63, 3.8) is 0 Å². The fourth-order valence-electron chi connectivity index (χ4n) is 2.46. The van der Waals surface area contributed by atoms with Gasteiger partial charge in [-0.15, -0.1) is 0 Å². The molecule has 0 fully saturated rings. The Labute approximate surface area is 123 Å². The number of fused-ring (bicyclic) bond motifs is 1. The highest BCUT2D eigenvalue weighted by atomic mass is 35.5. The van der Waals surface area contributed by atoms with Gasteiger partial charge in [0, 0.05) is 16.6 Å². The van der Waals surface area contributed by atoms with Crippen molar-refractivity contribution in [2.75, 3.05) is 5.73 Å². The predicted octanol–water partition coefficient (Wildman–Crippen LogP) is 4.75. The number of halogens is 1. The Morgan fingerprint density at radius 3 is 2.45 bits per heavy atom. The number of nitrogens with two attached hydrogens (primary N) is 1. The topological polar surface area (TPSA) is 38.9 Å².